The van der Waals surface area contributed by atoms with E-state index >= 15 is 0 Å². The van der Waals surface area contributed by atoms with E-state index in [1.165, 1.54) is 0 Å². The van der Waals surface area contributed by atoms with Crippen LogP contribution in [0.3, 0.4) is 0 Å². The van der Waals surface area contributed by atoms with Crippen molar-refractivity contribution in [1.82, 2.24) is 14.7 Å². The molecule has 0 saturated carbocycles. The van der Waals surface area contributed by atoms with E-state index < -0.39 is 10.0 Å². The minimum absolute atomic E-state index is 0.0916. The summed E-state index contributed by atoms with van der Waals surface area (Å²) in [5.74, 6) is 0.548. The van der Waals surface area contributed by atoms with E-state index in [0.29, 0.717) is 5.82 Å². The third-order valence-electron chi connectivity index (χ3n) is 2.93. The van der Waals surface area contributed by atoms with Crippen molar-refractivity contribution in [2.24, 2.45) is 0 Å². The molecule has 8 heteroatoms. The van der Waals surface area contributed by atoms with E-state index in [1.54, 1.807) is 25.1 Å². The molecule has 1 aromatic heterocycles. The number of aryl methyl sites for hydroxylation is 1. The molecular formula is C13H18N4O2S2. The number of benzene rings is 1. The van der Waals surface area contributed by atoms with Gasteiger partial charge >= 0.3 is 0 Å². The third-order valence-corrected chi connectivity index (χ3v) is 5.12. The van der Waals surface area contributed by atoms with Crippen LogP contribution < -0.4 is 10.0 Å². The van der Waals surface area contributed by atoms with Crippen LogP contribution in [0.15, 0.2) is 29.2 Å². The van der Waals surface area contributed by atoms with E-state index in [2.05, 4.69) is 19.4 Å². The van der Waals surface area contributed by atoms with Gasteiger partial charge in [-0.1, -0.05) is 19.1 Å². The molecule has 0 aliphatic carbocycles. The van der Waals surface area contributed by atoms with Gasteiger partial charge in [0.1, 0.15) is 5.82 Å². The summed E-state index contributed by atoms with van der Waals surface area (Å²) in [4.78, 5) is 4.23. The fraction of sp³-hybridized carbons (Fsp3) is 0.385. The molecule has 0 aliphatic rings. The summed E-state index contributed by atoms with van der Waals surface area (Å²) in [6.07, 6.45) is 0. The summed E-state index contributed by atoms with van der Waals surface area (Å²) >= 11 is 1.03. The van der Waals surface area contributed by atoms with E-state index in [4.69, 9.17) is 0 Å². The Bertz CT molecular complexity index is 712. The molecule has 1 aromatic carbocycles. The largest absolute Gasteiger partial charge is 0.310 e. The summed E-state index contributed by atoms with van der Waals surface area (Å²) in [7, 11) is -3.64. The maximum atomic E-state index is 12.4. The molecule has 6 nitrogen and oxygen atoms in total. The van der Waals surface area contributed by atoms with Crippen LogP contribution in [0.4, 0.5) is 5.13 Å². The average molecular weight is 326 g/mol. The lowest BCUT2D eigenvalue weighted by Gasteiger charge is -2.14. The first-order valence-corrected chi connectivity index (χ1v) is 8.84. The first-order valence-electron chi connectivity index (χ1n) is 6.59. The van der Waals surface area contributed by atoms with E-state index in [1.807, 2.05) is 19.9 Å². The van der Waals surface area contributed by atoms with Crippen molar-refractivity contribution in [3.8, 4) is 0 Å². The number of nitrogens with zero attached hydrogens (tertiary/aromatic N) is 2. The zero-order chi connectivity index (χ0) is 15.5. The van der Waals surface area contributed by atoms with Crippen molar-refractivity contribution < 1.29 is 8.42 Å². The van der Waals surface area contributed by atoms with Crippen molar-refractivity contribution in [1.29, 1.82) is 0 Å². The molecule has 0 bridgehead atoms. The molecule has 0 saturated heterocycles. The van der Waals surface area contributed by atoms with Gasteiger partial charge in [-0.2, -0.15) is 4.37 Å². The molecule has 0 radical (unpaired) electrons. The van der Waals surface area contributed by atoms with E-state index in [0.717, 1.165) is 23.6 Å². The molecule has 1 unspecified atom stereocenters. The number of aromatic nitrogens is 2. The highest BCUT2D eigenvalue weighted by Gasteiger charge is 2.17. The fourth-order valence-corrected chi connectivity index (χ4v) is 3.74. The first-order chi connectivity index (χ1) is 9.92. The molecule has 1 atom stereocenters. The maximum absolute atomic E-state index is 12.4. The van der Waals surface area contributed by atoms with Gasteiger partial charge in [0, 0.05) is 17.6 Å². The van der Waals surface area contributed by atoms with E-state index in [9.17, 15) is 8.42 Å². The third kappa shape index (κ3) is 3.99. The van der Waals surface area contributed by atoms with Gasteiger partial charge < -0.3 is 5.32 Å². The standard InChI is InChI=1S/C13H18N4O2S2/c1-4-14-9(2)11-6-5-7-12(8-11)21(18,19)17-13-15-10(3)16-20-13/h5-9,14H,4H2,1-3H3,(H,15,16,17). The highest BCUT2D eigenvalue weighted by Crippen LogP contribution is 2.21. The van der Waals surface area contributed by atoms with Crippen LogP contribution in [-0.4, -0.2) is 24.3 Å². The molecule has 0 fully saturated rings. The zero-order valence-electron chi connectivity index (χ0n) is 12.1. The predicted molar refractivity (Wildman–Crippen MR) is 84.0 cm³/mol. The molecule has 1 heterocycles. The second-order valence-electron chi connectivity index (χ2n) is 4.60. The van der Waals surface area contributed by atoms with E-state index in [-0.39, 0.29) is 16.1 Å². The first kappa shape index (κ1) is 15.9. The molecule has 0 aliphatic heterocycles. The van der Waals surface area contributed by atoms with Gasteiger partial charge in [-0.25, -0.2) is 13.4 Å². The number of hydrogen-bond donors (Lipinski definition) is 2. The van der Waals surface area contributed by atoms with Crippen LogP contribution in [0.25, 0.3) is 0 Å². The minimum Gasteiger partial charge on any atom is -0.310 e. The average Bonchev–Trinajstić information content (AvgIpc) is 2.84. The monoisotopic (exact) mass is 326 g/mol. The Kier molecular flexibility index (Phi) is 4.92. The second kappa shape index (κ2) is 6.50. The summed E-state index contributed by atoms with van der Waals surface area (Å²) in [6.45, 7) is 6.54. The zero-order valence-corrected chi connectivity index (χ0v) is 13.8. The van der Waals surface area contributed by atoms with Crippen LogP contribution in [-0.2, 0) is 10.0 Å². The van der Waals surface area contributed by atoms with Gasteiger partial charge in [-0.3, -0.25) is 4.72 Å². The second-order valence-corrected chi connectivity index (χ2v) is 7.04. The number of anilines is 1. The van der Waals surface area contributed by atoms with Gasteiger partial charge in [-0.15, -0.1) is 0 Å². The van der Waals surface area contributed by atoms with Crippen molar-refractivity contribution in [2.75, 3.05) is 11.3 Å². The van der Waals surface area contributed by atoms with Crippen molar-refractivity contribution in [3.63, 3.8) is 0 Å². The smallest absolute Gasteiger partial charge is 0.263 e. The van der Waals surface area contributed by atoms with Gasteiger partial charge in [0.2, 0.25) is 5.13 Å². The highest BCUT2D eigenvalue weighted by molar-refractivity contribution is 7.93. The molecular weight excluding hydrogens is 308 g/mol. The molecule has 0 amide bonds. The fourth-order valence-electron chi connectivity index (χ4n) is 1.89. The highest BCUT2D eigenvalue weighted by atomic mass is 32.2. The van der Waals surface area contributed by atoms with Crippen LogP contribution in [0.5, 0.6) is 0 Å². The number of rotatable bonds is 6. The Balaban J connectivity index is 2.25. The Morgan fingerprint density at radius 3 is 2.76 bits per heavy atom. The van der Waals surface area contributed by atoms with Crippen LogP contribution in [0, 0.1) is 6.92 Å². The lowest BCUT2D eigenvalue weighted by molar-refractivity contribution is 0.592. The maximum Gasteiger partial charge on any atom is 0.263 e. The summed E-state index contributed by atoms with van der Waals surface area (Å²) in [5, 5.41) is 3.53. The number of nitrogens with one attached hydrogen (secondary N) is 2. The Hall–Kier alpha value is -1.51. The Labute approximate surface area is 128 Å². The van der Waals surface area contributed by atoms with Crippen molar-refractivity contribution in [2.45, 2.75) is 31.7 Å². The van der Waals surface area contributed by atoms with Gasteiger partial charge in [0.05, 0.1) is 4.90 Å². The van der Waals surface area contributed by atoms with Crippen LogP contribution >= 0.6 is 11.5 Å². The van der Waals surface area contributed by atoms with Gasteiger partial charge in [-0.05, 0) is 38.1 Å². The van der Waals surface area contributed by atoms with Crippen molar-refractivity contribution >= 4 is 26.7 Å². The molecule has 2 aromatic rings. The molecule has 2 N–H and O–H groups in total. The summed E-state index contributed by atoms with van der Waals surface area (Å²) in [6, 6.07) is 6.97. The summed E-state index contributed by atoms with van der Waals surface area (Å²) in [5.41, 5.74) is 0.924. The predicted octanol–water partition coefficient (Wildman–Crippen LogP) is 2.32. The Morgan fingerprint density at radius 2 is 2.14 bits per heavy atom. The molecule has 114 valence electrons. The lowest BCUT2D eigenvalue weighted by atomic mass is 10.1. The quantitative estimate of drug-likeness (QED) is 0.851. The number of hydrogen-bond acceptors (Lipinski definition) is 6. The van der Waals surface area contributed by atoms with Gasteiger partial charge in [0.15, 0.2) is 0 Å². The molecule has 0 spiro atoms. The van der Waals surface area contributed by atoms with Crippen LogP contribution in [0.1, 0.15) is 31.3 Å². The normalized spacial score (nSPS) is 13.1. The SMILES string of the molecule is CCNC(C)c1cccc(S(=O)(=O)Nc2nc(C)ns2)c1. The van der Waals surface area contributed by atoms with Crippen LogP contribution in [0.2, 0.25) is 0 Å². The van der Waals surface area contributed by atoms with Crippen molar-refractivity contribution in [3.05, 3.63) is 35.7 Å². The lowest BCUT2D eigenvalue weighted by Crippen LogP contribution is -2.18. The number of sulfonamides is 1. The topological polar surface area (TPSA) is 84.0 Å². The van der Waals surface area contributed by atoms with Gasteiger partial charge in [0.25, 0.3) is 10.0 Å². The molecule has 21 heavy (non-hydrogen) atoms. The Morgan fingerprint density at radius 1 is 1.38 bits per heavy atom. The molecule has 2 rings (SSSR count). The summed E-state index contributed by atoms with van der Waals surface area (Å²) < 4.78 is 31.1. The minimum atomic E-state index is -3.64.